The van der Waals surface area contributed by atoms with Crippen LogP contribution in [0.5, 0.6) is 5.75 Å². The van der Waals surface area contributed by atoms with Gasteiger partial charge >= 0.3 is 0 Å². The minimum atomic E-state index is -3.65. The van der Waals surface area contributed by atoms with Gasteiger partial charge in [0.2, 0.25) is 16.0 Å². The van der Waals surface area contributed by atoms with Crippen LogP contribution in [0.4, 0.5) is 5.95 Å². The highest BCUT2D eigenvalue weighted by atomic mass is 32.2. The number of hydrogen-bond acceptors (Lipinski definition) is 6. The van der Waals surface area contributed by atoms with Crippen LogP contribution in [-0.2, 0) is 10.0 Å². The number of benzene rings is 2. The molecule has 8 heteroatoms. The van der Waals surface area contributed by atoms with Gasteiger partial charge in [0.1, 0.15) is 5.75 Å². The second-order valence-electron chi connectivity index (χ2n) is 6.52. The fraction of sp³-hybridized carbons (Fsp3) is 0.200. The number of nitrogen functional groups attached to an aromatic ring is 1. The zero-order valence-electron chi connectivity index (χ0n) is 15.3. The topological polar surface area (TPSA) is 98.4 Å². The zero-order chi connectivity index (χ0) is 19.7. The van der Waals surface area contributed by atoms with Gasteiger partial charge in [-0.15, -0.1) is 0 Å². The Morgan fingerprint density at radius 2 is 1.82 bits per heavy atom. The molecule has 1 atom stereocenters. The fourth-order valence-electron chi connectivity index (χ4n) is 3.35. The Morgan fingerprint density at radius 3 is 2.43 bits per heavy atom. The van der Waals surface area contributed by atoms with Gasteiger partial charge in [-0.1, -0.05) is 30.3 Å². The molecule has 0 bridgehead atoms. The average Bonchev–Trinajstić information content (AvgIpc) is 2.68. The highest BCUT2D eigenvalue weighted by molar-refractivity contribution is 7.89. The lowest BCUT2D eigenvalue weighted by Gasteiger charge is -2.40. The summed E-state index contributed by atoms with van der Waals surface area (Å²) >= 11 is 0. The minimum absolute atomic E-state index is 0.142. The summed E-state index contributed by atoms with van der Waals surface area (Å²) in [6.45, 7) is 0.494. The lowest BCUT2D eigenvalue weighted by Crippen LogP contribution is -2.44. The van der Waals surface area contributed by atoms with Crippen molar-refractivity contribution in [1.29, 1.82) is 0 Å². The number of sulfonamides is 1. The third-order valence-electron chi connectivity index (χ3n) is 4.92. The maximum Gasteiger partial charge on any atom is 0.243 e. The van der Waals surface area contributed by atoms with E-state index in [-0.39, 0.29) is 16.9 Å². The van der Waals surface area contributed by atoms with Gasteiger partial charge in [-0.25, -0.2) is 18.4 Å². The van der Waals surface area contributed by atoms with Crippen LogP contribution in [0.2, 0.25) is 0 Å². The number of anilines is 1. The molecular weight excluding hydrogens is 376 g/mol. The Hall–Kier alpha value is -2.97. The first kappa shape index (κ1) is 18.4. The largest absolute Gasteiger partial charge is 0.496 e. The van der Waals surface area contributed by atoms with Gasteiger partial charge in [0, 0.05) is 30.1 Å². The van der Waals surface area contributed by atoms with Crippen molar-refractivity contribution in [3.8, 4) is 16.9 Å². The summed E-state index contributed by atoms with van der Waals surface area (Å²) in [6.07, 6.45) is 3.90. The SMILES string of the molecule is COc1ccc(S(=O)(=O)N2CCC2c2ccccc2)cc1-c1cnc(N)nc1. The van der Waals surface area contributed by atoms with E-state index in [2.05, 4.69) is 9.97 Å². The van der Waals surface area contributed by atoms with E-state index >= 15 is 0 Å². The van der Waals surface area contributed by atoms with E-state index < -0.39 is 10.0 Å². The molecule has 1 saturated heterocycles. The Labute approximate surface area is 163 Å². The Bertz CT molecular complexity index is 1090. The molecule has 2 heterocycles. The van der Waals surface area contributed by atoms with E-state index in [1.165, 1.54) is 11.4 Å². The van der Waals surface area contributed by atoms with Gasteiger partial charge in [-0.3, -0.25) is 0 Å². The minimum Gasteiger partial charge on any atom is -0.496 e. The molecule has 1 fully saturated rings. The van der Waals surface area contributed by atoms with Gasteiger partial charge in [0.25, 0.3) is 0 Å². The molecular formula is C20H20N4O3S. The Kier molecular flexibility index (Phi) is 4.74. The predicted molar refractivity (Wildman–Crippen MR) is 106 cm³/mol. The Morgan fingerprint density at radius 1 is 1.11 bits per heavy atom. The van der Waals surface area contributed by atoms with E-state index in [4.69, 9.17) is 10.5 Å². The second kappa shape index (κ2) is 7.21. The zero-order valence-corrected chi connectivity index (χ0v) is 16.1. The van der Waals surface area contributed by atoms with Crippen LogP contribution >= 0.6 is 0 Å². The highest BCUT2D eigenvalue weighted by Gasteiger charge is 2.39. The quantitative estimate of drug-likeness (QED) is 0.712. The van der Waals surface area contributed by atoms with E-state index in [1.54, 1.807) is 30.6 Å². The summed E-state index contributed by atoms with van der Waals surface area (Å²) in [4.78, 5) is 8.19. The number of methoxy groups -OCH3 is 1. The molecule has 0 spiro atoms. The normalized spacial score (nSPS) is 17.1. The lowest BCUT2D eigenvalue weighted by atomic mass is 9.98. The van der Waals surface area contributed by atoms with E-state index in [0.717, 1.165) is 12.0 Å². The lowest BCUT2D eigenvalue weighted by molar-refractivity contribution is 0.202. The number of hydrogen-bond donors (Lipinski definition) is 1. The number of aromatic nitrogens is 2. The third kappa shape index (κ3) is 3.21. The first-order valence-corrected chi connectivity index (χ1v) is 10.3. The first-order chi connectivity index (χ1) is 13.5. The number of rotatable bonds is 5. The molecule has 0 aliphatic carbocycles. The van der Waals surface area contributed by atoms with Crippen molar-refractivity contribution in [2.75, 3.05) is 19.4 Å². The molecule has 1 aliphatic heterocycles. The van der Waals surface area contributed by atoms with Crippen LogP contribution < -0.4 is 10.5 Å². The van der Waals surface area contributed by atoms with Crippen molar-refractivity contribution in [2.45, 2.75) is 17.4 Å². The molecule has 0 amide bonds. The predicted octanol–water partition coefficient (Wildman–Crippen LogP) is 2.87. The van der Waals surface area contributed by atoms with Crippen LogP contribution in [0, 0.1) is 0 Å². The van der Waals surface area contributed by atoms with E-state index in [0.29, 0.717) is 23.4 Å². The van der Waals surface area contributed by atoms with Gasteiger partial charge in [-0.05, 0) is 30.2 Å². The fourth-order valence-corrected chi connectivity index (χ4v) is 5.03. The molecule has 1 unspecified atom stereocenters. The van der Waals surface area contributed by atoms with Crippen molar-refractivity contribution in [3.63, 3.8) is 0 Å². The van der Waals surface area contributed by atoms with Crippen LogP contribution in [0.3, 0.4) is 0 Å². The summed E-state index contributed by atoms with van der Waals surface area (Å²) in [5.74, 6) is 0.688. The van der Waals surface area contributed by atoms with Crippen molar-refractivity contribution >= 4 is 16.0 Å². The molecule has 1 aromatic heterocycles. The summed E-state index contributed by atoms with van der Waals surface area (Å²) in [5.41, 5.74) is 7.78. The summed E-state index contributed by atoms with van der Waals surface area (Å²) in [7, 11) is -2.12. The van der Waals surface area contributed by atoms with Crippen molar-refractivity contribution in [3.05, 3.63) is 66.5 Å². The molecule has 3 aromatic rings. The molecule has 2 N–H and O–H groups in total. The van der Waals surface area contributed by atoms with Crippen LogP contribution in [0.15, 0.2) is 65.8 Å². The number of ether oxygens (including phenoxy) is 1. The molecule has 4 rings (SSSR count). The summed E-state index contributed by atoms with van der Waals surface area (Å²) in [5, 5.41) is 0. The molecule has 1 aliphatic rings. The maximum absolute atomic E-state index is 13.3. The molecule has 144 valence electrons. The van der Waals surface area contributed by atoms with Crippen LogP contribution in [-0.4, -0.2) is 36.3 Å². The molecule has 7 nitrogen and oxygen atoms in total. The van der Waals surface area contributed by atoms with Crippen molar-refractivity contribution in [2.24, 2.45) is 0 Å². The first-order valence-electron chi connectivity index (χ1n) is 8.83. The average molecular weight is 396 g/mol. The third-order valence-corrected chi connectivity index (χ3v) is 6.82. The standard InChI is InChI=1S/C20H20N4O3S/c1-27-19-8-7-16(11-17(19)15-12-22-20(21)23-13-15)28(25,26)24-10-9-18(24)14-5-3-2-4-6-14/h2-8,11-13,18H,9-10H2,1H3,(H2,21,22,23). The maximum atomic E-state index is 13.3. The van der Waals surface area contributed by atoms with E-state index in [1.807, 2.05) is 30.3 Å². The van der Waals surface area contributed by atoms with Crippen LogP contribution in [0.1, 0.15) is 18.0 Å². The summed E-state index contributed by atoms with van der Waals surface area (Å²) in [6, 6.07) is 14.4. The molecule has 28 heavy (non-hydrogen) atoms. The molecule has 0 radical (unpaired) electrons. The molecule has 0 saturated carbocycles. The van der Waals surface area contributed by atoms with Crippen molar-refractivity contribution in [1.82, 2.24) is 14.3 Å². The smallest absolute Gasteiger partial charge is 0.243 e. The van der Waals surface area contributed by atoms with Crippen molar-refractivity contribution < 1.29 is 13.2 Å². The molecule has 2 aromatic carbocycles. The van der Waals surface area contributed by atoms with Gasteiger partial charge in [-0.2, -0.15) is 4.31 Å². The van der Waals surface area contributed by atoms with Gasteiger partial charge in [0.05, 0.1) is 18.0 Å². The van der Waals surface area contributed by atoms with Crippen LogP contribution in [0.25, 0.3) is 11.1 Å². The van der Waals surface area contributed by atoms with Gasteiger partial charge in [0.15, 0.2) is 0 Å². The van der Waals surface area contributed by atoms with E-state index in [9.17, 15) is 8.42 Å². The highest BCUT2D eigenvalue weighted by Crippen LogP contribution is 2.40. The number of nitrogens with zero attached hydrogens (tertiary/aromatic N) is 3. The summed E-state index contributed by atoms with van der Waals surface area (Å²) < 4.78 is 33.5. The van der Waals surface area contributed by atoms with Gasteiger partial charge < -0.3 is 10.5 Å². The Balaban J connectivity index is 1.72. The number of nitrogens with two attached hydrogens (primary N) is 1. The second-order valence-corrected chi connectivity index (χ2v) is 8.41. The monoisotopic (exact) mass is 396 g/mol.